The van der Waals surface area contributed by atoms with Crippen molar-refractivity contribution in [1.82, 2.24) is 10.6 Å². The molecule has 0 rings (SSSR count). The van der Waals surface area contributed by atoms with Gasteiger partial charge in [0.1, 0.15) is 0 Å². The average molecular weight is 158 g/mol. The molecule has 1 unspecified atom stereocenters. The van der Waals surface area contributed by atoms with Gasteiger partial charge >= 0.3 is 0 Å². The molecule has 0 fully saturated rings. The summed E-state index contributed by atoms with van der Waals surface area (Å²) in [5.74, 6) is -0.194. The standard InChI is InChI=1S/C5H10N4O2/c6-3-9-5(7)8-1-4(11)2-10/h4,10-11H,1-2H2,(H3,7,8,9). The molecule has 62 valence electrons. The molecular formula is C5H10N4O2. The highest BCUT2D eigenvalue weighted by Crippen LogP contribution is 1.74. The van der Waals surface area contributed by atoms with Gasteiger partial charge in [-0.05, 0) is 0 Å². The molecule has 0 aromatic rings. The third-order valence-electron chi connectivity index (χ3n) is 0.906. The largest absolute Gasteiger partial charge is 0.394 e. The van der Waals surface area contributed by atoms with E-state index in [2.05, 4.69) is 5.32 Å². The zero-order chi connectivity index (χ0) is 8.69. The lowest BCUT2D eigenvalue weighted by Crippen LogP contribution is -2.39. The van der Waals surface area contributed by atoms with Crippen LogP contribution in [-0.4, -0.2) is 35.4 Å². The number of nitrogens with zero attached hydrogens (tertiary/aromatic N) is 1. The summed E-state index contributed by atoms with van der Waals surface area (Å²) < 4.78 is 0. The van der Waals surface area contributed by atoms with Gasteiger partial charge < -0.3 is 15.5 Å². The lowest BCUT2D eigenvalue weighted by molar-refractivity contribution is 0.0980. The zero-order valence-electron chi connectivity index (χ0n) is 5.83. The van der Waals surface area contributed by atoms with E-state index in [1.807, 2.05) is 5.32 Å². The SMILES string of the molecule is N#CNC(=N)NCC(O)CO. The molecule has 0 radical (unpaired) electrons. The molecule has 0 aliphatic rings. The molecule has 0 aromatic carbocycles. The predicted octanol–water partition coefficient (Wildman–Crippen LogP) is -2.07. The molecule has 0 aromatic heterocycles. The number of rotatable bonds is 3. The second-order valence-electron chi connectivity index (χ2n) is 1.83. The first-order valence-electron chi connectivity index (χ1n) is 2.97. The Labute approximate surface area is 64.0 Å². The number of hydrogen-bond acceptors (Lipinski definition) is 4. The van der Waals surface area contributed by atoms with Gasteiger partial charge in [-0.3, -0.25) is 10.7 Å². The molecule has 0 saturated heterocycles. The van der Waals surface area contributed by atoms with Gasteiger partial charge in [-0.2, -0.15) is 5.26 Å². The van der Waals surface area contributed by atoms with Crippen LogP contribution in [0.2, 0.25) is 0 Å². The number of guanidine groups is 1. The van der Waals surface area contributed by atoms with Gasteiger partial charge in [0.25, 0.3) is 0 Å². The molecule has 6 nitrogen and oxygen atoms in total. The van der Waals surface area contributed by atoms with Crippen LogP contribution in [0.5, 0.6) is 0 Å². The molecule has 0 aliphatic carbocycles. The van der Waals surface area contributed by atoms with E-state index in [9.17, 15) is 0 Å². The molecule has 11 heavy (non-hydrogen) atoms. The van der Waals surface area contributed by atoms with Crippen LogP contribution < -0.4 is 10.6 Å². The smallest absolute Gasteiger partial charge is 0.201 e. The highest BCUT2D eigenvalue weighted by Gasteiger charge is 2.01. The van der Waals surface area contributed by atoms with Crippen molar-refractivity contribution >= 4 is 5.96 Å². The van der Waals surface area contributed by atoms with E-state index >= 15 is 0 Å². The minimum Gasteiger partial charge on any atom is -0.394 e. The summed E-state index contributed by atoms with van der Waals surface area (Å²) in [6, 6.07) is 0. The van der Waals surface area contributed by atoms with E-state index in [-0.39, 0.29) is 19.1 Å². The summed E-state index contributed by atoms with van der Waals surface area (Å²) >= 11 is 0. The molecule has 0 aliphatic heterocycles. The number of nitrogens with one attached hydrogen (secondary N) is 3. The minimum atomic E-state index is -0.907. The summed E-state index contributed by atoms with van der Waals surface area (Å²) in [7, 11) is 0. The van der Waals surface area contributed by atoms with Crippen molar-refractivity contribution in [3.05, 3.63) is 0 Å². The lowest BCUT2D eigenvalue weighted by Gasteiger charge is -2.08. The maximum absolute atomic E-state index is 8.76. The highest BCUT2D eigenvalue weighted by atomic mass is 16.3. The van der Waals surface area contributed by atoms with Crippen LogP contribution in [0, 0.1) is 16.9 Å². The Balaban J connectivity index is 3.39. The Morgan fingerprint density at radius 1 is 1.73 bits per heavy atom. The molecule has 0 bridgehead atoms. The van der Waals surface area contributed by atoms with E-state index in [1.54, 1.807) is 0 Å². The number of hydrogen-bond donors (Lipinski definition) is 5. The number of aliphatic hydroxyl groups excluding tert-OH is 2. The molecule has 0 saturated carbocycles. The molecule has 5 N–H and O–H groups in total. The summed E-state index contributed by atoms with van der Waals surface area (Å²) in [6.07, 6.45) is 0.621. The van der Waals surface area contributed by atoms with Gasteiger partial charge in [0.2, 0.25) is 5.96 Å². The first-order chi connectivity index (χ1) is 5.20. The Hall–Kier alpha value is -1.32. The van der Waals surface area contributed by atoms with E-state index in [4.69, 9.17) is 20.9 Å². The summed E-state index contributed by atoms with van der Waals surface area (Å²) in [4.78, 5) is 0. The van der Waals surface area contributed by atoms with Crippen molar-refractivity contribution in [3.8, 4) is 6.19 Å². The summed E-state index contributed by atoms with van der Waals surface area (Å²) in [5.41, 5.74) is 0. The molecule has 1 atom stereocenters. The van der Waals surface area contributed by atoms with Crippen LogP contribution in [0.1, 0.15) is 0 Å². The predicted molar refractivity (Wildman–Crippen MR) is 37.6 cm³/mol. The topological polar surface area (TPSA) is 112 Å². The van der Waals surface area contributed by atoms with Crippen LogP contribution >= 0.6 is 0 Å². The van der Waals surface area contributed by atoms with E-state index in [0.29, 0.717) is 0 Å². The van der Waals surface area contributed by atoms with Gasteiger partial charge in [-0.15, -0.1) is 0 Å². The third kappa shape index (κ3) is 5.14. The molecule has 0 amide bonds. The maximum atomic E-state index is 8.76. The van der Waals surface area contributed by atoms with Gasteiger partial charge in [0.05, 0.1) is 12.7 Å². The number of nitriles is 1. The van der Waals surface area contributed by atoms with Crippen LogP contribution in [0.25, 0.3) is 0 Å². The number of aliphatic hydroxyl groups is 2. The fraction of sp³-hybridized carbons (Fsp3) is 0.600. The molecule has 0 spiro atoms. The third-order valence-corrected chi connectivity index (χ3v) is 0.906. The van der Waals surface area contributed by atoms with E-state index in [0.717, 1.165) is 0 Å². The summed E-state index contributed by atoms with van der Waals surface area (Å²) in [5, 5.41) is 36.4. The van der Waals surface area contributed by atoms with Gasteiger partial charge in [-0.1, -0.05) is 0 Å². The Kier molecular flexibility index (Phi) is 4.81. The lowest BCUT2D eigenvalue weighted by atomic mass is 10.4. The minimum absolute atomic E-state index is 0.0456. The van der Waals surface area contributed by atoms with Crippen molar-refractivity contribution in [3.63, 3.8) is 0 Å². The zero-order valence-corrected chi connectivity index (χ0v) is 5.83. The Morgan fingerprint density at radius 2 is 2.36 bits per heavy atom. The molecular weight excluding hydrogens is 148 g/mol. The van der Waals surface area contributed by atoms with E-state index in [1.165, 1.54) is 6.19 Å². The second-order valence-corrected chi connectivity index (χ2v) is 1.83. The second kappa shape index (κ2) is 5.46. The van der Waals surface area contributed by atoms with Crippen LogP contribution in [-0.2, 0) is 0 Å². The first-order valence-corrected chi connectivity index (χ1v) is 2.97. The highest BCUT2D eigenvalue weighted by molar-refractivity contribution is 5.77. The van der Waals surface area contributed by atoms with Gasteiger partial charge in [-0.25, -0.2) is 0 Å². The Morgan fingerprint density at radius 3 is 2.82 bits per heavy atom. The van der Waals surface area contributed by atoms with Gasteiger partial charge in [0, 0.05) is 6.54 Å². The quantitative estimate of drug-likeness (QED) is 0.140. The summed E-state index contributed by atoms with van der Waals surface area (Å²) in [6.45, 7) is -0.323. The average Bonchev–Trinajstić information content (AvgIpc) is 2.01. The van der Waals surface area contributed by atoms with Gasteiger partial charge in [0.15, 0.2) is 6.19 Å². The first kappa shape index (κ1) is 9.68. The van der Waals surface area contributed by atoms with Crippen molar-refractivity contribution in [2.24, 2.45) is 0 Å². The van der Waals surface area contributed by atoms with Crippen LogP contribution in [0.3, 0.4) is 0 Å². The van der Waals surface area contributed by atoms with Crippen molar-refractivity contribution in [2.45, 2.75) is 6.10 Å². The molecule has 6 heteroatoms. The monoisotopic (exact) mass is 158 g/mol. The van der Waals surface area contributed by atoms with E-state index < -0.39 is 6.10 Å². The van der Waals surface area contributed by atoms with Crippen LogP contribution in [0.4, 0.5) is 0 Å². The van der Waals surface area contributed by atoms with Crippen molar-refractivity contribution in [1.29, 1.82) is 10.7 Å². The maximum Gasteiger partial charge on any atom is 0.201 e. The Bertz CT molecular complexity index is 164. The van der Waals surface area contributed by atoms with Crippen molar-refractivity contribution < 1.29 is 10.2 Å². The normalized spacial score (nSPS) is 11.4. The fourth-order valence-electron chi connectivity index (χ4n) is 0.385. The fourth-order valence-corrected chi connectivity index (χ4v) is 0.385. The van der Waals surface area contributed by atoms with Crippen molar-refractivity contribution in [2.75, 3.05) is 13.2 Å². The van der Waals surface area contributed by atoms with Crippen LogP contribution in [0.15, 0.2) is 0 Å². The molecule has 0 heterocycles.